The minimum atomic E-state index is 0.646. The number of aromatic nitrogens is 10. The molecule has 0 bridgehead atoms. The molecule has 0 saturated heterocycles. The van der Waals surface area contributed by atoms with E-state index in [-0.39, 0.29) is 0 Å². The summed E-state index contributed by atoms with van der Waals surface area (Å²) in [5.41, 5.74) is 23.3. The van der Waals surface area contributed by atoms with Gasteiger partial charge in [-0.3, -0.25) is 0 Å². The second kappa shape index (κ2) is 32.8. The molecule has 18 aromatic carbocycles. The van der Waals surface area contributed by atoms with Crippen LogP contribution in [0.25, 0.3) is 245 Å². The van der Waals surface area contributed by atoms with Crippen LogP contribution in [0.2, 0.25) is 0 Å². The first kappa shape index (κ1) is 77.5. The Kier molecular flexibility index (Phi) is 19.3. The smallest absolute Gasteiger partial charge is 0.164 e. The highest BCUT2D eigenvalue weighted by molar-refractivity contribution is 7.27. The lowest BCUT2D eigenvalue weighted by Gasteiger charge is -2.12. The molecule has 0 aliphatic heterocycles. The summed E-state index contributed by atoms with van der Waals surface area (Å²) in [7, 11) is 0. The molecule has 0 aliphatic carbocycles. The number of thiophene rings is 3. The number of nitrogens with zero attached hydrogens (tertiary/aromatic N) is 10. The van der Waals surface area contributed by atoms with Crippen molar-refractivity contribution in [3.05, 3.63) is 449 Å². The number of rotatable bonds is 12. The fraction of sp³-hybridized carbons (Fsp3) is 0. The Morgan fingerprint density at radius 2 is 0.379 bits per heavy atom. The molecule has 0 unspecified atom stereocenters. The lowest BCUT2D eigenvalue weighted by molar-refractivity contribution is 1.07. The fourth-order valence-corrected chi connectivity index (χ4v) is 22.7. The van der Waals surface area contributed by atoms with Gasteiger partial charge >= 0.3 is 0 Å². The van der Waals surface area contributed by atoms with Gasteiger partial charge in [0.05, 0.1) is 70.0 Å². The molecule has 0 atom stereocenters. The Labute approximate surface area is 770 Å². The summed E-state index contributed by atoms with van der Waals surface area (Å²) in [6.45, 7) is 0. The SMILES string of the molecule is c1ccc(-c2cc(-c3cccc(-n4c5ccccc5c5ccc6c7ccccc7sc6c54)c3)nc(-c3ccccc3)n2)cc1.c1ccc(-c2cc(-c3ccccc3)nc(-c3cccc(-n4c5ccccc5c5ccc6c7ccccc7sc6c54)c3)n2)cc1.c1ccc(-c2nc(-c3ccccc3)nc(-c3cccc(-n4c5ccccc5c5ccc6c7ccccc7sc6c54)c3)n2)cc1. The van der Waals surface area contributed by atoms with Crippen molar-refractivity contribution in [3.8, 4) is 119 Å². The van der Waals surface area contributed by atoms with Crippen LogP contribution in [0.5, 0.6) is 0 Å². The van der Waals surface area contributed by atoms with E-state index in [0.717, 1.165) is 95.7 Å². The minimum absolute atomic E-state index is 0.646. The summed E-state index contributed by atoms with van der Waals surface area (Å²) < 4.78 is 15.1. The van der Waals surface area contributed by atoms with E-state index in [0.29, 0.717) is 23.3 Å². The molecule has 27 aromatic rings. The quantitative estimate of drug-likeness (QED) is 0.120. The molecule has 27 rings (SSSR count). The van der Waals surface area contributed by atoms with Crippen molar-refractivity contribution in [2.45, 2.75) is 0 Å². The van der Waals surface area contributed by atoms with Crippen molar-refractivity contribution in [3.63, 3.8) is 0 Å². The molecule has 0 radical (unpaired) electrons. The van der Waals surface area contributed by atoms with Gasteiger partial charge in [-0.2, -0.15) is 0 Å². The highest BCUT2D eigenvalue weighted by atomic mass is 32.1. The van der Waals surface area contributed by atoms with Gasteiger partial charge in [-0.25, -0.2) is 34.9 Å². The monoisotopic (exact) mass is 1740 g/mol. The van der Waals surface area contributed by atoms with Crippen LogP contribution in [0.15, 0.2) is 449 Å². The van der Waals surface area contributed by atoms with Gasteiger partial charge in [0.1, 0.15) is 0 Å². The van der Waals surface area contributed by atoms with Crippen LogP contribution in [0.3, 0.4) is 0 Å². The third-order valence-electron chi connectivity index (χ3n) is 25.1. The summed E-state index contributed by atoms with van der Waals surface area (Å²) in [6.07, 6.45) is 0. The van der Waals surface area contributed by atoms with Crippen LogP contribution in [0.4, 0.5) is 0 Å². The number of fused-ring (bicyclic) bond motifs is 21. The van der Waals surface area contributed by atoms with Crippen LogP contribution in [0, 0.1) is 0 Å². The Morgan fingerprint density at radius 1 is 0.152 bits per heavy atom. The lowest BCUT2D eigenvalue weighted by atomic mass is 10.1. The highest BCUT2D eigenvalue weighted by Gasteiger charge is 2.25. The van der Waals surface area contributed by atoms with Gasteiger partial charge in [-0.1, -0.05) is 364 Å². The van der Waals surface area contributed by atoms with Crippen LogP contribution < -0.4 is 0 Å². The molecule has 0 fully saturated rings. The largest absolute Gasteiger partial charge is 0.308 e. The standard InChI is InChI=1S/2C40H25N3S.C39H24N4S/c1-3-12-26(13-4-1)34-25-35(42-40(41-34)27-14-5-2-6-15-27)28-16-11-17-29(24-28)43-36-20-9-7-18-30(36)32-22-23-33-31-19-8-10-21-37(31)44-39(33)38(32)43;1-3-12-26(13-4-1)34-25-35(27-14-5-2-6-15-27)42-40(41-34)28-16-11-17-29(24-28)43-36-20-9-7-18-30(36)32-22-23-33-31-19-8-10-21-37(31)44-39(33)38(32)43;1-3-12-25(13-4-1)37-40-38(26-14-5-2-6-15-26)42-39(41-37)27-16-11-17-28(24-27)43-33-20-9-7-18-29(33)31-22-23-32-30-19-8-10-21-34(30)44-36(32)35(31)43/h2*1-25H;1-24H. The van der Waals surface area contributed by atoms with Crippen molar-refractivity contribution >= 4 is 160 Å². The topological polar surface area (TPSA) is 105 Å². The van der Waals surface area contributed by atoms with Gasteiger partial charge in [0.15, 0.2) is 29.1 Å². The zero-order chi connectivity index (χ0) is 87.1. The maximum atomic E-state index is 5.11. The van der Waals surface area contributed by atoms with Crippen LogP contribution in [-0.2, 0) is 0 Å². The number of hydrogen-bond donors (Lipinski definition) is 0. The average Bonchev–Trinajstić information content (AvgIpc) is 1.57. The van der Waals surface area contributed by atoms with Crippen molar-refractivity contribution in [1.29, 1.82) is 0 Å². The Morgan fingerprint density at radius 3 is 0.705 bits per heavy atom. The average molecular weight is 1740 g/mol. The Hall–Kier alpha value is -16.8. The van der Waals surface area contributed by atoms with Gasteiger partial charge in [0, 0.05) is 146 Å². The molecule has 0 aliphatic rings. The van der Waals surface area contributed by atoms with E-state index in [1.54, 1.807) is 0 Å². The van der Waals surface area contributed by atoms with E-state index in [1.165, 1.54) is 126 Å². The molecule has 132 heavy (non-hydrogen) atoms. The first-order chi connectivity index (χ1) is 65.4. The second-order valence-corrected chi connectivity index (χ2v) is 36.1. The van der Waals surface area contributed by atoms with Crippen molar-refractivity contribution in [2.75, 3.05) is 0 Å². The fourth-order valence-electron chi connectivity index (χ4n) is 19.0. The molecular formula is C119H74N10S3. The van der Waals surface area contributed by atoms with E-state index < -0.39 is 0 Å². The third-order valence-corrected chi connectivity index (χ3v) is 28.6. The number of benzene rings is 18. The lowest BCUT2D eigenvalue weighted by Crippen LogP contribution is -2.01. The maximum absolute atomic E-state index is 5.11. The zero-order valence-corrected chi connectivity index (χ0v) is 73.4. The highest BCUT2D eigenvalue weighted by Crippen LogP contribution is 2.48. The molecule has 0 spiro atoms. The van der Waals surface area contributed by atoms with Crippen LogP contribution in [-0.4, -0.2) is 48.6 Å². The van der Waals surface area contributed by atoms with Crippen molar-refractivity contribution in [2.24, 2.45) is 0 Å². The Balaban J connectivity index is 0.000000106. The normalized spacial score (nSPS) is 11.6. The minimum Gasteiger partial charge on any atom is -0.308 e. The van der Waals surface area contributed by atoms with Crippen LogP contribution >= 0.6 is 34.0 Å². The predicted molar refractivity (Wildman–Crippen MR) is 554 cm³/mol. The number of hydrogen-bond acceptors (Lipinski definition) is 10. The van der Waals surface area contributed by atoms with E-state index in [2.05, 4.69) is 366 Å². The molecule has 9 aromatic heterocycles. The Bertz CT molecular complexity index is 8150. The molecule has 0 amide bonds. The summed E-state index contributed by atoms with van der Waals surface area (Å²) in [5.74, 6) is 3.38. The molecule has 13 heteroatoms. The van der Waals surface area contributed by atoms with Gasteiger partial charge in [0.2, 0.25) is 0 Å². The van der Waals surface area contributed by atoms with E-state index in [4.69, 9.17) is 34.9 Å². The summed E-state index contributed by atoms with van der Waals surface area (Å²) >= 11 is 5.60. The van der Waals surface area contributed by atoms with Gasteiger partial charge in [0.25, 0.3) is 0 Å². The first-order valence-electron chi connectivity index (χ1n) is 44.1. The van der Waals surface area contributed by atoms with E-state index >= 15 is 0 Å². The van der Waals surface area contributed by atoms with E-state index in [9.17, 15) is 0 Å². The van der Waals surface area contributed by atoms with Gasteiger partial charge < -0.3 is 13.7 Å². The predicted octanol–water partition coefficient (Wildman–Crippen LogP) is 32.2. The molecule has 0 N–H and O–H groups in total. The van der Waals surface area contributed by atoms with Crippen LogP contribution in [0.1, 0.15) is 0 Å². The van der Waals surface area contributed by atoms with E-state index in [1.807, 2.05) is 131 Å². The summed E-state index contributed by atoms with van der Waals surface area (Å²) in [6, 6.07) is 158. The summed E-state index contributed by atoms with van der Waals surface area (Å²) in [5, 5.41) is 15.3. The maximum Gasteiger partial charge on any atom is 0.164 e. The molecular weight excluding hydrogens is 1670 g/mol. The third kappa shape index (κ3) is 13.7. The van der Waals surface area contributed by atoms with Crippen molar-refractivity contribution < 1.29 is 0 Å². The molecule has 10 nitrogen and oxygen atoms in total. The molecule has 618 valence electrons. The molecule has 0 saturated carbocycles. The summed E-state index contributed by atoms with van der Waals surface area (Å²) in [4.78, 5) is 35.2. The van der Waals surface area contributed by atoms with Gasteiger partial charge in [-0.15, -0.1) is 34.0 Å². The second-order valence-electron chi connectivity index (χ2n) is 32.9. The zero-order valence-electron chi connectivity index (χ0n) is 70.9. The van der Waals surface area contributed by atoms with Gasteiger partial charge in [-0.05, 0) is 84.9 Å². The molecule has 9 heterocycles. The number of para-hydroxylation sites is 3. The van der Waals surface area contributed by atoms with Crippen molar-refractivity contribution in [1.82, 2.24) is 48.6 Å². The first-order valence-corrected chi connectivity index (χ1v) is 46.6.